The summed E-state index contributed by atoms with van der Waals surface area (Å²) >= 11 is 0. The van der Waals surface area contributed by atoms with Gasteiger partial charge in [-0.3, -0.25) is 0 Å². The molecule has 3 nitrogen and oxygen atoms in total. The average Bonchev–Trinajstić information content (AvgIpc) is 2.36. The number of rotatable bonds is 4. The maximum absolute atomic E-state index is 5.74. The minimum absolute atomic E-state index is 0.398. The highest BCUT2D eigenvalue weighted by Gasteiger charge is 2.28. The molecular weight excluding hydrogens is 238 g/mol. The molecule has 2 atom stereocenters. The Balaban J connectivity index is 1.76. The summed E-state index contributed by atoms with van der Waals surface area (Å²) in [5.41, 5.74) is 1.25. The van der Waals surface area contributed by atoms with E-state index in [1.165, 1.54) is 24.8 Å². The third kappa shape index (κ3) is 2.57. The fraction of sp³-hybridized carbons (Fsp3) is 0.625. The molecule has 1 heterocycles. The maximum Gasteiger partial charge on any atom is 0.124 e. The van der Waals surface area contributed by atoms with Crippen molar-refractivity contribution in [3.8, 4) is 11.5 Å². The zero-order valence-corrected chi connectivity index (χ0v) is 11.8. The second-order valence-electron chi connectivity index (χ2n) is 5.74. The summed E-state index contributed by atoms with van der Waals surface area (Å²) in [5, 5.41) is 3.79. The van der Waals surface area contributed by atoms with E-state index in [4.69, 9.17) is 9.47 Å². The van der Waals surface area contributed by atoms with Gasteiger partial charge in [0, 0.05) is 24.1 Å². The molecule has 1 aliphatic carbocycles. The van der Waals surface area contributed by atoms with E-state index in [9.17, 15) is 0 Å². The summed E-state index contributed by atoms with van der Waals surface area (Å²) in [6, 6.07) is 7.09. The van der Waals surface area contributed by atoms with E-state index < -0.39 is 0 Å². The smallest absolute Gasteiger partial charge is 0.124 e. The lowest BCUT2D eigenvalue weighted by molar-refractivity contribution is 0.196. The predicted octanol–water partition coefficient (Wildman–Crippen LogP) is 3.30. The first kappa shape index (κ1) is 12.8. The van der Waals surface area contributed by atoms with Gasteiger partial charge in [0.25, 0.3) is 0 Å². The first-order valence-corrected chi connectivity index (χ1v) is 7.34. The van der Waals surface area contributed by atoms with Crippen LogP contribution in [0.1, 0.15) is 44.2 Å². The largest absolute Gasteiger partial charge is 0.497 e. The van der Waals surface area contributed by atoms with Crippen LogP contribution in [0.2, 0.25) is 0 Å². The Morgan fingerprint density at radius 1 is 1.32 bits per heavy atom. The molecule has 0 amide bonds. The number of nitrogens with one attached hydrogen (secondary N) is 1. The van der Waals surface area contributed by atoms with Crippen LogP contribution in [0.5, 0.6) is 11.5 Å². The van der Waals surface area contributed by atoms with Crippen LogP contribution in [0, 0.1) is 5.92 Å². The fourth-order valence-electron chi connectivity index (χ4n) is 3.07. The van der Waals surface area contributed by atoms with Gasteiger partial charge >= 0.3 is 0 Å². The van der Waals surface area contributed by atoms with Crippen molar-refractivity contribution < 1.29 is 9.47 Å². The molecule has 1 aromatic carbocycles. The van der Waals surface area contributed by atoms with Gasteiger partial charge in [-0.1, -0.05) is 6.42 Å². The Morgan fingerprint density at radius 2 is 2.16 bits per heavy atom. The van der Waals surface area contributed by atoms with E-state index >= 15 is 0 Å². The normalized spacial score (nSPS) is 24.0. The lowest BCUT2D eigenvalue weighted by Crippen LogP contribution is -2.40. The number of ether oxygens (including phenoxy) is 2. The lowest BCUT2D eigenvalue weighted by atomic mass is 9.80. The van der Waals surface area contributed by atoms with Crippen molar-refractivity contribution >= 4 is 0 Å². The molecule has 1 N–H and O–H groups in total. The molecule has 0 radical (unpaired) electrons. The monoisotopic (exact) mass is 261 g/mol. The topological polar surface area (TPSA) is 30.5 Å². The van der Waals surface area contributed by atoms with Crippen molar-refractivity contribution in [3.05, 3.63) is 23.8 Å². The Bertz CT molecular complexity index is 442. The van der Waals surface area contributed by atoms with Crippen LogP contribution in [-0.4, -0.2) is 19.8 Å². The van der Waals surface area contributed by atoms with E-state index in [0.717, 1.165) is 30.4 Å². The molecule has 1 aromatic rings. The van der Waals surface area contributed by atoms with Gasteiger partial charge in [-0.25, -0.2) is 0 Å². The zero-order valence-electron chi connectivity index (χ0n) is 11.8. The second kappa shape index (κ2) is 5.41. The van der Waals surface area contributed by atoms with E-state index in [1.54, 1.807) is 7.11 Å². The molecule has 2 unspecified atom stereocenters. The molecule has 1 fully saturated rings. The number of hydrogen-bond donors (Lipinski definition) is 1. The quantitative estimate of drug-likeness (QED) is 0.902. The summed E-state index contributed by atoms with van der Waals surface area (Å²) < 4.78 is 11.1. The minimum atomic E-state index is 0.398. The number of benzene rings is 1. The molecule has 0 saturated heterocycles. The summed E-state index contributed by atoms with van der Waals surface area (Å²) in [6.07, 6.45) is 5.19. The lowest BCUT2D eigenvalue weighted by Gasteiger charge is -2.36. The summed E-state index contributed by atoms with van der Waals surface area (Å²) in [7, 11) is 1.71. The van der Waals surface area contributed by atoms with E-state index in [2.05, 4.69) is 18.3 Å². The Kier molecular flexibility index (Phi) is 3.65. The van der Waals surface area contributed by atoms with Crippen molar-refractivity contribution in [1.29, 1.82) is 0 Å². The SMILES string of the molecule is COc1ccc2c(c1)C(NC(C)C1CCC1)CCO2. The summed E-state index contributed by atoms with van der Waals surface area (Å²) in [6.45, 7) is 3.12. The third-order valence-electron chi connectivity index (χ3n) is 4.58. The molecule has 1 saturated carbocycles. The molecular formula is C16H23NO2. The van der Waals surface area contributed by atoms with Crippen molar-refractivity contribution in [2.24, 2.45) is 5.92 Å². The van der Waals surface area contributed by atoms with Crippen LogP contribution >= 0.6 is 0 Å². The van der Waals surface area contributed by atoms with Crippen LogP contribution in [0.4, 0.5) is 0 Å². The van der Waals surface area contributed by atoms with E-state index in [-0.39, 0.29) is 0 Å². The first-order valence-electron chi connectivity index (χ1n) is 7.34. The molecule has 19 heavy (non-hydrogen) atoms. The Morgan fingerprint density at radius 3 is 2.84 bits per heavy atom. The van der Waals surface area contributed by atoms with Gasteiger partial charge in [0.1, 0.15) is 11.5 Å². The zero-order chi connectivity index (χ0) is 13.2. The third-order valence-corrected chi connectivity index (χ3v) is 4.58. The molecule has 2 aliphatic rings. The molecule has 3 heteroatoms. The summed E-state index contributed by atoms with van der Waals surface area (Å²) in [5.74, 6) is 2.77. The van der Waals surface area contributed by atoms with Crippen LogP contribution in [0.3, 0.4) is 0 Å². The molecule has 3 rings (SSSR count). The molecule has 0 bridgehead atoms. The first-order chi connectivity index (χ1) is 9.28. The molecule has 1 aliphatic heterocycles. The Hall–Kier alpha value is -1.22. The van der Waals surface area contributed by atoms with Gasteiger partial charge in [0.2, 0.25) is 0 Å². The number of methoxy groups -OCH3 is 1. The van der Waals surface area contributed by atoms with Gasteiger partial charge in [-0.05, 0) is 43.9 Å². The van der Waals surface area contributed by atoms with Crippen molar-refractivity contribution in [3.63, 3.8) is 0 Å². The van der Waals surface area contributed by atoms with Crippen molar-refractivity contribution in [2.75, 3.05) is 13.7 Å². The maximum atomic E-state index is 5.74. The van der Waals surface area contributed by atoms with Crippen LogP contribution < -0.4 is 14.8 Å². The highest BCUT2D eigenvalue weighted by molar-refractivity contribution is 5.43. The van der Waals surface area contributed by atoms with Gasteiger partial charge in [-0.15, -0.1) is 0 Å². The minimum Gasteiger partial charge on any atom is -0.497 e. The van der Waals surface area contributed by atoms with Crippen molar-refractivity contribution in [1.82, 2.24) is 5.32 Å². The standard InChI is InChI=1S/C16H23NO2/c1-11(12-4-3-5-12)17-15-8-9-19-16-7-6-13(18-2)10-14(15)16/h6-7,10-12,15,17H,3-5,8-9H2,1-2H3. The van der Waals surface area contributed by atoms with Crippen LogP contribution in [-0.2, 0) is 0 Å². The molecule has 0 aromatic heterocycles. The van der Waals surface area contributed by atoms with Gasteiger partial charge < -0.3 is 14.8 Å². The number of fused-ring (bicyclic) bond motifs is 1. The summed E-state index contributed by atoms with van der Waals surface area (Å²) in [4.78, 5) is 0. The van der Waals surface area contributed by atoms with E-state index in [1.807, 2.05) is 12.1 Å². The van der Waals surface area contributed by atoms with Crippen LogP contribution in [0.25, 0.3) is 0 Å². The predicted molar refractivity (Wildman–Crippen MR) is 75.8 cm³/mol. The fourth-order valence-corrected chi connectivity index (χ4v) is 3.07. The second-order valence-corrected chi connectivity index (χ2v) is 5.74. The average molecular weight is 261 g/mol. The van der Waals surface area contributed by atoms with Gasteiger partial charge in [-0.2, -0.15) is 0 Å². The van der Waals surface area contributed by atoms with Crippen molar-refractivity contribution in [2.45, 2.75) is 44.7 Å². The van der Waals surface area contributed by atoms with E-state index in [0.29, 0.717) is 12.1 Å². The molecule has 104 valence electrons. The number of hydrogen-bond acceptors (Lipinski definition) is 3. The highest BCUT2D eigenvalue weighted by atomic mass is 16.5. The van der Waals surface area contributed by atoms with Gasteiger partial charge in [0.05, 0.1) is 13.7 Å². The molecule has 0 spiro atoms. The highest BCUT2D eigenvalue weighted by Crippen LogP contribution is 2.37. The Labute approximate surface area is 115 Å². The van der Waals surface area contributed by atoms with Crippen LogP contribution in [0.15, 0.2) is 18.2 Å². The van der Waals surface area contributed by atoms with Gasteiger partial charge in [0.15, 0.2) is 0 Å².